The van der Waals surface area contributed by atoms with Crippen LogP contribution in [0.4, 0.5) is 4.39 Å². The molecule has 0 saturated carbocycles. The second-order valence-electron chi connectivity index (χ2n) is 7.96. The number of rotatable bonds is 5. The average molecular weight is 422 g/mol. The third-order valence-corrected chi connectivity index (χ3v) is 5.49. The summed E-state index contributed by atoms with van der Waals surface area (Å²) in [5.41, 5.74) is 1.69. The van der Waals surface area contributed by atoms with Gasteiger partial charge in [0.15, 0.2) is 0 Å². The van der Waals surface area contributed by atoms with E-state index in [9.17, 15) is 19.1 Å². The molecule has 0 radical (unpaired) electrons. The predicted octanol–water partition coefficient (Wildman–Crippen LogP) is 0.150. The molecule has 7 nitrogen and oxygen atoms in total. The molecule has 3 aromatic rings. The lowest BCUT2D eigenvalue weighted by molar-refractivity contribution is -0.857. The van der Waals surface area contributed by atoms with E-state index in [-0.39, 0.29) is 17.8 Å². The molecular weight excluding hydrogens is 399 g/mol. The highest BCUT2D eigenvalue weighted by molar-refractivity contribution is 6.46. The lowest BCUT2D eigenvalue weighted by Crippen LogP contribution is -3.06. The molecule has 160 valence electrons. The first-order chi connectivity index (χ1) is 14.8. The summed E-state index contributed by atoms with van der Waals surface area (Å²) >= 11 is 0. The number of hydrogen-bond acceptors (Lipinski definition) is 4. The van der Waals surface area contributed by atoms with Crippen LogP contribution in [0.3, 0.4) is 0 Å². The summed E-state index contributed by atoms with van der Waals surface area (Å²) in [6.45, 7) is 2.58. The number of ketones is 1. The van der Waals surface area contributed by atoms with Crippen LogP contribution >= 0.6 is 0 Å². The van der Waals surface area contributed by atoms with Crippen molar-refractivity contribution in [3.05, 3.63) is 77.0 Å². The van der Waals surface area contributed by atoms with Gasteiger partial charge in [-0.15, -0.1) is 0 Å². The number of likely N-dealkylation sites (tertiary alicyclic amines) is 1. The molecule has 3 heterocycles. The number of benzene rings is 1. The van der Waals surface area contributed by atoms with E-state index in [4.69, 9.17) is 0 Å². The highest BCUT2D eigenvalue weighted by Crippen LogP contribution is 2.38. The Morgan fingerprint density at radius 2 is 1.87 bits per heavy atom. The Balaban J connectivity index is 1.92. The molecule has 0 bridgehead atoms. The van der Waals surface area contributed by atoms with Gasteiger partial charge >= 0.3 is 0 Å². The topological polar surface area (TPSA) is 82.2 Å². The van der Waals surface area contributed by atoms with E-state index in [0.29, 0.717) is 23.4 Å². The number of likely N-dealkylation sites (N-methyl/N-ethyl adjacent to an activating group) is 1. The fourth-order valence-corrected chi connectivity index (χ4v) is 3.95. The summed E-state index contributed by atoms with van der Waals surface area (Å²) in [7, 11) is 3.87. The largest absolute Gasteiger partial charge is 0.871 e. The predicted molar refractivity (Wildman–Crippen MR) is 110 cm³/mol. The van der Waals surface area contributed by atoms with Crippen LogP contribution in [0.2, 0.25) is 0 Å². The first-order valence-corrected chi connectivity index (χ1v) is 10.0. The number of halogens is 1. The molecule has 8 heteroatoms. The number of aromatic nitrogens is 2. The number of nitrogens with one attached hydrogen (secondary N) is 1. The van der Waals surface area contributed by atoms with Gasteiger partial charge in [0.25, 0.3) is 5.91 Å². The Labute approximate surface area is 179 Å². The van der Waals surface area contributed by atoms with Crippen LogP contribution in [0.1, 0.15) is 23.0 Å². The summed E-state index contributed by atoms with van der Waals surface area (Å²) in [4.78, 5) is 32.8. The van der Waals surface area contributed by atoms with Crippen LogP contribution in [0.5, 0.6) is 0 Å². The van der Waals surface area contributed by atoms with Crippen molar-refractivity contribution in [3.8, 4) is 0 Å². The molecule has 0 spiro atoms. The first-order valence-electron chi connectivity index (χ1n) is 10.0. The lowest BCUT2D eigenvalue weighted by Gasteiger charge is -2.27. The molecular formula is C23H23FN4O3. The molecule has 4 rings (SSSR count). The number of carbonyl (C=O) groups is 2. The Bertz CT molecular complexity index is 1200. The zero-order valence-corrected chi connectivity index (χ0v) is 17.6. The van der Waals surface area contributed by atoms with Crippen molar-refractivity contribution in [1.82, 2.24) is 14.3 Å². The van der Waals surface area contributed by atoms with E-state index in [1.165, 1.54) is 29.2 Å². The lowest BCUT2D eigenvalue weighted by atomic mass is 9.96. The highest BCUT2D eigenvalue weighted by atomic mass is 19.1. The number of imidazole rings is 1. The van der Waals surface area contributed by atoms with Crippen molar-refractivity contribution in [2.45, 2.75) is 13.0 Å². The minimum Gasteiger partial charge on any atom is -0.871 e. The second kappa shape index (κ2) is 7.96. The Morgan fingerprint density at radius 3 is 2.55 bits per heavy atom. The fourth-order valence-electron chi connectivity index (χ4n) is 3.95. The molecule has 2 aromatic heterocycles. The van der Waals surface area contributed by atoms with Crippen molar-refractivity contribution < 1.29 is 24.0 Å². The number of amides is 1. The number of carbonyl (C=O) groups excluding carboxylic acids is 2. The summed E-state index contributed by atoms with van der Waals surface area (Å²) in [5.74, 6) is -2.51. The minimum atomic E-state index is -0.874. The summed E-state index contributed by atoms with van der Waals surface area (Å²) in [5, 5.41) is 13.7. The molecule has 1 atom stereocenters. The smallest absolute Gasteiger partial charge is 0.295 e. The van der Waals surface area contributed by atoms with Gasteiger partial charge in [0, 0.05) is 11.8 Å². The number of Topliss-reactive ketones (excluding diaryl/α,β-unsaturated/α-hetero) is 1. The number of quaternary nitrogens is 1. The minimum absolute atomic E-state index is 0.126. The van der Waals surface area contributed by atoms with Gasteiger partial charge in [-0.25, -0.2) is 9.37 Å². The Kier molecular flexibility index (Phi) is 5.32. The zero-order valence-electron chi connectivity index (χ0n) is 17.6. The highest BCUT2D eigenvalue weighted by Gasteiger charge is 2.44. The fraction of sp³-hybridized carbons (Fsp3) is 0.261. The van der Waals surface area contributed by atoms with Crippen molar-refractivity contribution in [3.63, 3.8) is 0 Å². The normalized spacial score (nSPS) is 18.5. The maximum absolute atomic E-state index is 13.7. The van der Waals surface area contributed by atoms with Gasteiger partial charge in [-0.2, -0.15) is 0 Å². The molecule has 0 aliphatic carbocycles. The third-order valence-electron chi connectivity index (χ3n) is 5.49. The van der Waals surface area contributed by atoms with Gasteiger partial charge in [0.05, 0.1) is 44.6 Å². The van der Waals surface area contributed by atoms with Gasteiger partial charge in [-0.1, -0.05) is 24.0 Å². The van der Waals surface area contributed by atoms with Crippen molar-refractivity contribution in [2.75, 3.05) is 27.2 Å². The third kappa shape index (κ3) is 3.59. The van der Waals surface area contributed by atoms with E-state index in [1.807, 2.05) is 14.1 Å². The number of fused-ring (bicyclic) bond motifs is 1. The van der Waals surface area contributed by atoms with E-state index in [2.05, 4.69) is 4.98 Å². The maximum Gasteiger partial charge on any atom is 0.295 e. The molecule has 1 aliphatic rings. The standard InChI is InChI=1S/C23H23FN4O3/c1-14-19(27-11-5-4-6-17(27)25-14)21(29)18-20(15-7-9-16(24)10-8-15)28(13-12-26(2)3)23(31)22(18)30/h4-11,20,29H,12-13H2,1-3H3/b21-18+. The molecule has 1 aromatic carbocycles. The summed E-state index contributed by atoms with van der Waals surface area (Å²) < 4.78 is 15.2. The molecule has 31 heavy (non-hydrogen) atoms. The molecule has 1 amide bonds. The molecule has 1 fully saturated rings. The van der Waals surface area contributed by atoms with Gasteiger partial charge in [-0.3, -0.25) is 9.59 Å². The maximum atomic E-state index is 13.7. The average Bonchev–Trinajstić information content (AvgIpc) is 3.20. The number of nitrogens with zero attached hydrogens (tertiary/aromatic N) is 3. The van der Waals surface area contributed by atoms with Crippen LogP contribution in [-0.2, 0) is 9.59 Å². The monoisotopic (exact) mass is 422 g/mol. The first kappa shape index (κ1) is 20.7. The van der Waals surface area contributed by atoms with Gasteiger partial charge < -0.3 is 19.3 Å². The summed E-state index contributed by atoms with van der Waals surface area (Å²) in [6.07, 6.45) is 1.70. The quantitative estimate of drug-likeness (QED) is 0.361. The molecule has 1 N–H and O–H groups in total. The van der Waals surface area contributed by atoms with Crippen LogP contribution in [-0.4, -0.2) is 53.2 Å². The van der Waals surface area contributed by atoms with Crippen molar-refractivity contribution in [2.24, 2.45) is 0 Å². The number of hydrogen-bond donors (Lipinski definition) is 1. The Morgan fingerprint density at radius 1 is 1.16 bits per heavy atom. The van der Waals surface area contributed by atoms with Crippen molar-refractivity contribution in [1.29, 1.82) is 0 Å². The van der Waals surface area contributed by atoms with E-state index >= 15 is 0 Å². The van der Waals surface area contributed by atoms with Crippen LogP contribution < -0.4 is 10.0 Å². The van der Waals surface area contributed by atoms with Crippen molar-refractivity contribution >= 4 is 23.1 Å². The second-order valence-corrected chi connectivity index (χ2v) is 7.96. The Hall–Kier alpha value is -3.52. The molecule has 1 saturated heterocycles. The molecule has 1 unspecified atom stereocenters. The van der Waals surface area contributed by atoms with Crippen LogP contribution in [0.25, 0.3) is 11.4 Å². The molecule has 1 aliphatic heterocycles. The zero-order chi connectivity index (χ0) is 22.3. The summed E-state index contributed by atoms with van der Waals surface area (Å²) in [6, 6.07) is 10.0. The van der Waals surface area contributed by atoms with Crippen LogP contribution in [0, 0.1) is 12.7 Å². The van der Waals surface area contributed by atoms with Gasteiger partial charge in [0.2, 0.25) is 5.78 Å². The van der Waals surface area contributed by atoms with E-state index in [1.54, 1.807) is 35.7 Å². The van der Waals surface area contributed by atoms with E-state index < -0.39 is 29.3 Å². The van der Waals surface area contributed by atoms with Gasteiger partial charge in [0.1, 0.15) is 11.5 Å². The SMILES string of the molecule is Cc1nc2ccccn2c1/C([O-])=C1\C(=O)C(=O)N(CC[NH+](C)C)C1c1ccc(F)cc1. The van der Waals surface area contributed by atoms with Crippen LogP contribution in [0.15, 0.2) is 54.2 Å². The van der Waals surface area contributed by atoms with Gasteiger partial charge in [-0.05, 0) is 36.8 Å². The number of pyridine rings is 1. The number of aryl methyl sites for hydroxylation is 1. The van der Waals surface area contributed by atoms with E-state index in [0.717, 1.165) is 4.90 Å².